The number of hydrogen-bond donors (Lipinski definition) is 0. The highest BCUT2D eigenvalue weighted by atomic mass is 16.5. The van der Waals surface area contributed by atoms with E-state index in [4.69, 9.17) is 4.74 Å². The first-order chi connectivity index (χ1) is 14.7. The van der Waals surface area contributed by atoms with Gasteiger partial charge in [0.25, 0.3) is 0 Å². The molecule has 0 fully saturated rings. The van der Waals surface area contributed by atoms with Gasteiger partial charge >= 0.3 is 0 Å². The standard InChI is InChI=1S/C26H26N2O2/c1-2-3-6-17-30-24-13-11-22(12-14-24)26(29)25-19-28-16-15-21(25)10-9-20-7-4-5-8-23(20)18-27/h4-5,7-8,11-16,19H,2-3,6,9-10,17H2,1H3. The summed E-state index contributed by atoms with van der Waals surface area (Å²) < 4.78 is 5.73. The van der Waals surface area contributed by atoms with Crippen molar-refractivity contribution in [3.05, 3.63) is 94.8 Å². The van der Waals surface area contributed by atoms with E-state index in [1.807, 2.05) is 42.5 Å². The van der Waals surface area contributed by atoms with Gasteiger partial charge in [0.15, 0.2) is 5.78 Å². The number of benzene rings is 2. The summed E-state index contributed by atoms with van der Waals surface area (Å²) in [5, 5.41) is 9.29. The largest absolute Gasteiger partial charge is 0.494 e. The van der Waals surface area contributed by atoms with Gasteiger partial charge in [-0.2, -0.15) is 5.26 Å². The first-order valence-corrected chi connectivity index (χ1v) is 10.4. The summed E-state index contributed by atoms with van der Waals surface area (Å²) in [6.07, 6.45) is 8.04. The van der Waals surface area contributed by atoms with Gasteiger partial charge in [-0.05, 0) is 66.8 Å². The number of rotatable bonds is 10. The highest BCUT2D eigenvalue weighted by Crippen LogP contribution is 2.20. The summed E-state index contributed by atoms with van der Waals surface area (Å²) in [4.78, 5) is 17.2. The number of nitriles is 1. The number of aryl methyl sites for hydroxylation is 2. The average Bonchev–Trinajstić information content (AvgIpc) is 2.81. The molecule has 0 saturated carbocycles. The minimum absolute atomic E-state index is 0.0517. The second-order valence-electron chi connectivity index (χ2n) is 7.21. The maximum absolute atomic E-state index is 13.1. The third kappa shape index (κ3) is 5.55. The Bertz CT molecular complexity index is 1020. The fraction of sp³-hybridized carbons (Fsp3) is 0.269. The first kappa shape index (κ1) is 21.3. The minimum atomic E-state index is -0.0517. The van der Waals surface area contributed by atoms with Crippen LogP contribution < -0.4 is 4.74 Å². The molecule has 0 saturated heterocycles. The number of nitrogens with zero attached hydrogens (tertiary/aromatic N) is 2. The maximum atomic E-state index is 13.1. The molecule has 0 atom stereocenters. The van der Waals surface area contributed by atoms with E-state index in [1.165, 1.54) is 0 Å². The lowest BCUT2D eigenvalue weighted by Gasteiger charge is -2.10. The normalized spacial score (nSPS) is 10.4. The molecule has 0 aliphatic carbocycles. The van der Waals surface area contributed by atoms with Crippen molar-refractivity contribution >= 4 is 5.78 Å². The van der Waals surface area contributed by atoms with E-state index in [0.29, 0.717) is 36.1 Å². The van der Waals surface area contributed by atoms with Gasteiger partial charge in [-0.15, -0.1) is 0 Å². The van der Waals surface area contributed by atoms with Crippen LogP contribution in [-0.4, -0.2) is 17.4 Å². The highest BCUT2D eigenvalue weighted by molar-refractivity contribution is 6.09. The fourth-order valence-electron chi connectivity index (χ4n) is 3.36. The number of ether oxygens (including phenoxy) is 1. The van der Waals surface area contributed by atoms with Gasteiger partial charge in [-0.25, -0.2) is 0 Å². The molecule has 2 aromatic carbocycles. The zero-order chi connectivity index (χ0) is 21.2. The number of ketones is 1. The van der Waals surface area contributed by atoms with Crippen molar-refractivity contribution in [2.45, 2.75) is 39.0 Å². The SMILES string of the molecule is CCCCCOc1ccc(C(=O)c2cnccc2CCc2ccccc2C#N)cc1. The Morgan fingerprint density at radius 1 is 1.00 bits per heavy atom. The van der Waals surface area contributed by atoms with Crippen LogP contribution >= 0.6 is 0 Å². The van der Waals surface area contributed by atoms with Crippen LogP contribution in [0.15, 0.2) is 67.0 Å². The van der Waals surface area contributed by atoms with Crippen molar-refractivity contribution in [3.8, 4) is 11.8 Å². The monoisotopic (exact) mass is 398 g/mol. The topological polar surface area (TPSA) is 63.0 Å². The quantitative estimate of drug-likeness (QED) is 0.332. The minimum Gasteiger partial charge on any atom is -0.494 e. The van der Waals surface area contributed by atoms with Crippen molar-refractivity contribution in [1.82, 2.24) is 4.98 Å². The molecule has 0 radical (unpaired) electrons. The van der Waals surface area contributed by atoms with E-state index >= 15 is 0 Å². The molecular weight excluding hydrogens is 372 g/mol. The van der Waals surface area contributed by atoms with Gasteiger partial charge < -0.3 is 4.74 Å². The lowest BCUT2D eigenvalue weighted by Crippen LogP contribution is -2.07. The van der Waals surface area contributed by atoms with Crippen LogP contribution in [0, 0.1) is 11.3 Å². The number of unbranched alkanes of at least 4 members (excludes halogenated alkanes) is 2. The summed E-state index contributed by atoms with van der Waals surface area (Å²) in [5.41, 5.74) is 3.81. The van der Waals surface area contributed by atoms with Gasteiger partial charge in [0.2, 0.25) is 0 Å². The molecule has 3 rings (SSSR count). The molecule has 1 heterocycles. The van der Waals surface area contributed by atoms with Crippen molar-refractivity contribution in [2.24, 2.45) is 0 Å². The van der Waals surface area contributed by atoms with E-state index in [9.17, 15) is 10.1 Å². The number of pyridine rings is 1. The Morgan fingerprint density at radius 2 is 1.77 bits per heavy atom. The number of carbonyl (C=O) groups is 1. The van der Waals surface area contributed by atoms with Crippen LogP contribution in [0.1, 0.15) is 58.8 Å². The van der Waals surface area contributed by atoms with E-state index < -0.39 is 0 Å². The van der Waals surface area contributed by atoms with Crippen LogP contribution in [0.2, 0.25) is 0 Å². The molecule has 152 valence electrons. The summed E-state index contributed by atoms with van der Waals surface area (Å²) in [6, 6.07) is 19.0. The predicted molar refractivity (Wildman–Crippen MR) is 118 cm³/mol. The predicted octanol–water partition coefficient (Wildman–Crippen LogP) is 5.54. The van der Waals surface area contributed by atoms with Gasteiger partial charge in [0.1, 0.15) is 5.75 Å². The molecule has 30 heavy (non-hydrogen) atoms. The average molecular weight is 399 g/mol. The third-order valence-corrected chi connectivity index (χ3v) is 5.09. The molecule has 4 heteroatoms. The van der Waals surface area contributed by atoms with Crippen molar-refractivity contribution in [1.29, 1.82) is 5.26 Å². The lowest BCUT2D eigenvalue weighted by atomic mass is 9.95. The molecule has 0 aliphatic rings. The Balaban J connectivity index is 1.70. The summed E-state index contributed by atoms with van der Waals surface area (Å²) in [6.45, 7) is 2.85. The molecule has 3 aromatic rings. The van der Waals surface area contributed by atoms with Crippen LogP contribution in [0.25, 0.3) is 0 Å². The van der Waals surface area contributed by atoms with E-state index in [0.717, 1.165) is 36.1 Å². The molecular formula is C26H26N2O2. The number of aromatic nitrogens is 1. The zero-order valence-corrected chi connectivity index (χ0v) is 17.3. The van der Waals surface area contributed by atoms with Gasteiger partial charge in [0.05, 0.1) is 18.2 Å². The molecule has 0 unspecified atom stereocenters. The lowest BCUT2D eigenvalue weighted by molar-refractivity contribution is 0.103. The molecule has 1 aromatic heterocycles. The van der Waals surface area contributed by atoms with Crippen LogP contribution in [0.3, 0.4) is 0 Å². The summed E-state index contributed by atoms with van der Waals surface area (Å²) >= 11 is 0. The Morgan fingerprint density at radius 3 is 2.53 bits per heavy atom. The van der Waals surface area contributed by atoms with Crippen LogP contribution in [-0.2, 0) is 12.8 Å². The second kappa shape index (κ2) is 10.9. The maximum Gasteiger partial charge on any atom is 0.194 e. The fourth-order valence-corrected chi connectivity index (χ4v) is 3.36. The molecule has 0 bridgehead atoms. The van der Waals surface area contributed by atoms with Gasteiger partial charge in [0, 0.05) is 23.5 Å². The van der Waals surface area contributed by atoms with Gasteiger partial charge in [-0.1, -0.05) is 38.0 Å². The zero-order valence-electron chi connectivity index (χ0n) is 17.3. The Hall–Kier alpha value is -3.45. The molecule has 0 amide bonds. The van der Waals surface area contributed by atoms with Gasteiger partial charge in [-0.3, -0.25) is 9.78 Å². The number of carbonyl (C=O) groups excluding carboxylic acids is 1. The van der Waals surface area contributed by atoms with E-state index in [1.54, 1.807) is 24.5 Å². The van der Waals surface area contributed by atoms with Crippen molar-refractivity contribution in [2.75, 3.05) is 6.61 Å². The Labute approximate surface area is 178 Å². The second-order valence-corrected chi connectivity index (χ2v) is 7.21. The van der Waals surface area contributed by atoms with E-state index in [2.05, 4.69) is 18.0 Å². The third-order valence-electron chi connectivity index (χ3n) is 5.09. The van der Waals surface area contributed by atoms with E-state index in [-0.39, 0.29) is 5.78 Å². The smallest absolute Gasteiger partial charge is 0.194 e. The Kier molecular flexibility index (Phi) is 7.74. The number of hydrogen-bond acceptors (Lipinski definition) is 4. The first-order valence-electron chi connectivity index (χ1n) is 10.4. The molecule has 0 N–H and O–H groups in total. The van der Waals surface area contributed by atoms with Crippen molar-refractivity contribution < 1.29 is 9.53 Å². The van der Waals surface area contributed by atoms with Crippen LogP contribution in [0.5, 0.6) is 5.75 Å². The highest BCUT2D eigenvalue weighted by Gasteiger charge is 2.14. The summed E-state index contributed by atoms with van der Waals surface area (Å²) in [7, 11) is 0. The molecule has 4 nitrogen and oxygen atoms in total. The van der Waals surface area contributed by atoms with Crippen LogP contribution in [0.4, 0.5) is 0 Å². The molecule has 0 spiro atoms. The molecule has 0 aliphatic heterocycles. The van der Waals surface area contributed by atoms with Crippen molar-refractivity contribution in [3.63, 3.8) is 0 Å². The summed E-state index contributed by atoms with van der Waals surface area (Å²) in [5.74, 6) is 0.728.